The number of aromatic nitrogens is 1. The highest BCUT2D eigenvalue weighted by Crippen LogP contribution is 2.31. The molecule has 3 aromatic carbocycles. The second-order valence-corrected chi connectivity index (χ2v) is 8.21. The van der Waals surface area contributed by atoms with Gasteiger partial charge in [0, 0.05) is 18.7 Å². The number of nitrogens with one attached hydrogen (secondary N) is 1. The first-order valence-electron chi connectivity index (χ1n) is 11.5. The van der Waals surface area contributed by atoms with Crippen LogP contribution in [-0.2, 0) is 13.0 Å². The molecule has 0 aliphatic carbocycles. The lowest BCUT2D eigenvalue weighted by Crippen LogP contribution is -2.35. The molecule has 0 spiro atoms. The minimum Gasteiger partial charge on any atom is -0.493 e. The molecule has 0 amide bonds. The summed E-state index contributed by atoms with van der Waals surface area (Å²) in [6.07, 6.45) is 4.56. The van der Waals surface area contributed by atoms with Gasteiger partial charge in [0.15, 0.2) is 12.0 Å². The first-order valence-corrected chi connectivity index (χ1v) is 11.5. The average Bonchev–Trinajstić information content (AvgIpc) is 3.33. The van der Waals surface area contributed by atoms with Crippen LogP contribution in [0.1, 0.15) is 24.0 Å². The normalized spacial score (nSPS) is 15.1. The Morgan fingerprint density at radius 3 is 2.79 bits per heavy atom. The number of hydrogen-bond acceptors (Lipinski definition) is 6. The Hall–Kier alpha value is -3.51. The maximum Gasteiger partial charge on any atom is 0.181 e. The summed E-state index contributed by atoms with van der Waals surface area (Å²) >= 11 is 0. The van der Waals surface area contributed by atoms with Crippen LogP contribution in [0.5, 0.6) is 17.2 Å². The van der Waals surface area contributed by atoms with Crippen LogP contribution in [0.15, 0.2) is 77.5 Å². The van der Waals surface area contributed by atoms with Crippen molar-refractivity contribution in [2.45, 2.75) is 32.0 Å². The standard InChI is InChI=1S/C27H28N2O4/c1-2-5-20(6-3-1)18-31-23-9-7-21-8-10-24(33-27(21)16-23)17-28-13-4-14-30-22-11-12-26-25(15-22)29-19-32-26/h1-3,5-7,9,11-12,15-16,19,24,28H,4,8,10,13-14,17-18H2. The van der Waals surface area contributed by atoms with Crippen LogP contribution in [0.2, 0.25) is 0 Å². The Kier molecular flexibility index (Phi) is 6.73. The SMILES string of the molecule is c1ccc(COc2ccc3c(c2)OC(CNCCCOc2ccc4ocnc4c2)CC3)cc1. The molecule has 0 fully saturated rings. The molecule has 1 N–H and O–H groups in total. The molecular weight excluding hydrogens is 416 g/mol. The van der Waals surface area contributed by atoms with Crippen LogP contribution in [0.3, 0.4) is 0 Å². The van der Waals surface area contributed by atoms with Crippen molar-refractivity contribution in [3.63, 3.8) is 0 Å². The zero-order valence-electron chi connectivity index (χ0n) is 18.5. The van der Waals surface area contributed by atoms with Crippen molar-refractivity contribution in [3.8, 4) is 17.2 Å². The molecule has 1 aliphatic rings. The van der Waals surface area contributed by atoms with Gasteiger partial charge >= 0.3 is 0 Å². The summed E-state index contributed by atoms with van der Waals surface area (Å²) in [5.41, 5.74) is 3.98. The van der Waals surface area contributed by atoms with Crippen LogP contribution in [0.4, 0.5) is 0 Å². The van der Waals surface area contributed by atoms with E-state index in [4.69, 9.17) is 18.6 Å². The summed E-state index contributed by atoms with van der Waals surface area (Å²) in [5.74, 6) is 2.59. The Balaban J connectivity index is 1.03. The maximum absolute atomic E-state index is 6.24. The number of aryl methyl sites for hydroxylation is 1. The first kappa shape index (κ1) is 21.3. The van der Waals surface area contributed by atoms with E-state index in [1.807, 2.05) is 48.5 Å². The Bertz CT molecular complexity index is 1180. The van der Waals surface area contributed by atoms with Crippen molar-refractivity contribution in [2.24, 2.45) is 0 Å². The molecule has 6 heteroatoms. The van der Waals surface area contributed by atoms with E-state index in [0.717, 1.165) is 66.3 Å². The van der Waals surface area contributed by atoms with Crippen LogP contribution >= 0.6 is 0 Å². The third-order valence-corrected chi connectivity index (χ3v) is 5.76. The molecule has 2 heterocycles. The molecule has 4 aromatic rings. The number of fused-ring (bicyclic) bond motifs is 2. The second-order valence-electron chi connectivity index (χ2n) is 8.21. The molecule has 5 rings (SSSR count). The van der Waals surface area contributed by atoms with E-state index in [2.05, 4.69) is 28.5 Å². The summed E-state index contributed by atoms with van der Waals surface area (Å²) in [6.45, 7) is 2.89. The fraction of sp³-hybridized carbons (Fsp3) is 0.296. The monoisotopic (exact) mass is 444 g/mol. The topological polar surface area (TPSA) is 65.8 Å². The predicted molar refractivity (Wildman–Crippen MR) is 127 cm³/mol. The van der Waals surface area contributed by atoms with Crippen molar-refractivity contribution in [1.82, 2.24) is 10.3 Å². The molecule has 170 valence electrons. The fourth-order valence-electron chi connectivity index (χ4n) is 3.96. The summed E-state index contributed by atoms with van der Waals surface area (Å²) < 4.78 is 23.3. The molecule has 1 unspecified atom stereocenters. The lowest BCUT2D eigenvalue weighted by molar-refractivity contribution is 0.168. The lowest BCUT2D eigenvalue weighted by atomic mass is 10.0. The second kappa shape index (κ2) is 10.4. The number of oxazole rings is 1. The van der Waals surface area contributed by atoms with Crippen molar-refractivity contribution in [2.75, 3.05) is 19.7 Å². The minimum absolute atomic E-state index is 0.164. The third kappa shape index (κ3) is 5.65. The van der Waals surface area contributed by atoms with Crippen LogP contribution in [0.25, 0.3) is 11.1 Å². The number of benzene rings is 3. The summed E-state index contributed by atoms with van der Waals surface area (Å²) in [5, 5.41) is 3.50. The lowest BCUT2D eigenvalue weighted by Gasteiger charge is -2.27. The number of ether oxygens (including phenoxy) is 3. The Morgan fingerprint density at radius 1 is 0.970 bits per heavy atom. The van der Waals surface area contributed by atoms with Crippen LogP contribution in [0, 0.1) is 0 Å². The third-order valence-electron chi connectivity index (χ3n) is 5.76. The van der Waals surface area contributed by atoms with Gasteiger partial charge in [-0.3, -0.25) is 0 Å². The zero-order chi connectivity index (χ0) is 22.3. The zero-order valence-corrected chi connectivity index (χ0v) is 18.5. The first-order chi connectivity index (χ1) is 16.3. The predicted octanol–water partition coefficient (Wildman–Crippen LogP) is 5.16. The molecule has 0 bridgehead atoms. The van der Waals surface area contributed by atoms with E-state index in [-0.39, 0.29) is 6.10 Å². The molecule has 0 saturated carbocycles. The van der Waals surface area contributed by atoms with Gasteiger partial charge in [-0.25, -0.2) is 4.98 Å². The van der Waals surface area contributed by atoms with Gasteiger partial charge in [0.1, 0.15) is 35.5 Å². The van der Waals surface area contributed by atoms with Crippen LogP contribution in [-0.4, -0.2) is 30.8 Å². The van der Waals surface area contributed by atoms with Crippen molar-refractivity contribution >= 4 is 11.1 Å². The van der Waals surface area contributed by atoms with Crippen molar-refractivity contribution in [1.29, 1.82) is 0 Å². The molecule has 0 radical (unpaired) electrons. The van der Waals surface area contributed by atoms with Crippen molar-refractivity contribution in [3.05, 3.63) is 84.3 Å². The van der Waals surface area contributed by atoms with Gasteiger partial charge in [0.05, 0.1) is 6.61 Å². The highest BCUT2D eigenvalue weighted by Gasteiger charge is 2.20. The van der Waals surface area contributed by atoms with Gasteiger partial charge in [-0.2, -0.15) is 0 Å². The molecule has 0 saturated heterocycles. The summed E-state index contributed by atoms with van der Waals surface area (Å²) in [7, 11) is 0. The summed E-state index contributed by atoms with van der Waals surface area (Å²) in [4.78, 5) is 4.15. The summed E-state index contributed by atoms with van der Waals surface area (Å²) in [6, 6.07) is 22.0. The molecule has 1 atom stereocenters. The number of rotatable bonds is 10. The molecular formula is C27H28N2O4. The maximum atomic E-state index is 6.24. The van der Waals surface area contributed by atoms with Gasteiger partial charge < -0.3 is 23.9 Å². The largest absolute Gasteiger partial charge is 0.493 e. The van der Waals surface area contributed by atoms with Gasteiger partial charge in [-0.15, -0.1) is 0 Å². The van der Waals surface area contributed by atoms with E-state index < -0.39 is 0 Å². The Morgan fingerprint density at radius 2 is 1.85 bits per heavy atom. The van der Waals surface area contributed by atoms with Gasteiger partial charge in [-0.1, -0.05) is 36.4 Å². The van der Waals surface area contributed by atoms with E-state index in [0.29, 0.717) is 13.2 Å². The molecule has 1 aromatic heterocycles. The highest BCUT2D eigenvalue weighted by molar-refractivity contribution is 5.73. The fourth-order valence-corrected chi connectivity index (χ4v) is 3.96. The highest BCUT2D eigenvalue weighted by atomic mass is 16.5. The molecule has 1 aliphatic heterocycles. The van der Waals surface area contributed by atoms with E-state index in [9.17, 15) is 0 Å². The van der Waals surface area contributed by atoms with E-state index in [1.165, 1.54) is 12.0 Å². The molecule has 33 heavy (non-hydrogen) atoms. The van der Waals surface area contributed by atoms with Gasteiger partial charge in [-0.05, 0) is 55.1 Å². The Labute approximate surface area is 193 Å². The number of nitrogens with zero attached hydrogens (tertiary/aromatic N) is 1. The van der Waals surface area contributed by atoms with Crippen molar-refractivity contribution < 1.29 is 18.6 Å². The molecule has 6 nitrogen and oxygen atoms in total. The average molecular weight is 445 g/mol. The van der Waals surface area contributed by atoms with Gasteiger partial charge in [0.25, 0.3) is 0 Å². The van der Waals surface area contributed by atoms with Crippen LogP contribution < -0.4 is 19.5 Å². The van der Waals surface area contributed by atoms with E-state index >= 15 is 0 Å². The van der Waals surface area contributed by atoms with E-state index in [1.54, 1.807) is 0 Å². The quantitative estimate of drug-likeness (QED) is 0.341. The van der Waals surface area contributed by atoms with Gasteiger partial charge in [0.2, 0.25) is 0 Å². The smallest absolute Gasteiger partial charge is 0.181 e. The minimum atomic E-state index is 0.164. The number of hydrogen-bond donors (Lipinski definition) is 1.